The number of urea groups is 1. The lowest BCUT2D eigenvalue weighted by atomic mass is 10.1. The van der Waals surface area contributed by atoms with E-state index in [9.17, 15) is 4.79 Å². The molecule has 3 aromatic carbocycles. The van der Waals surface area contributed by atoms with E-state index < -0.39 is 6.03 Å². The van der Waals surface area contributed by atoms with Crippen molar-refractivity contribution < 1.29 is 23.7 Å². The molecule has 4 aromatic rings. The molecule has 1 aliphatic heterocycles. The Morgan fingerprint density at radius 3 is 2.37 bits per heavy atom. The van der Waals surface area contributed by atoms with Crippen LogP contribution in [0.5, 0.6) is 23.0 Å². The highest BCUT2D eigenvalue weighted by molar-refractivity contribution is 6.42. The molecular weight excluding hydrogens is 567 g/mol. The maximum absolute atomic E-state index is 12.4. The number of fused-ring (bicyclic) bond motifs is 1. The lowest BCUT2D eigenvalue weighted by molar-refractivity contribution is 0.0321. The molecule has 11 heteroatoms. The van der Waals surface area contributed by atoms with Gasteiger partial charge in [0.05, 0.1) is 41.6 Å². The van der Waals surface area contributed by atoms with Gasteiger partial charge in [-0.3, -0.25) is 4.90 Å². The molecule has 1 saturated heterocycles. The molecule has 2 amide bonds. The normalized spacial score (nSPS) is 13.6. The second-order valence-corrected chi connectivity index (χ2v) is 10.2. The molecule has 0 saturated carbocycles. The average molecular weight is 597 g/mol. The Balaban J connectivity index is 1.22. The fraction of sp³-hybridized carbons (Fsp3) is 0.267. The van der Waals surface area contributed by atoms with Crippen LogP contribution in [0.1, 0.15) is 5.69 Å². The first-order chi connectivity index (χ1) is 19.9. The molecule has 0 radical (unpaired) electrons. The van der Waals surface area contributed by atoms with Crippen LogP contribution in [-0.2, 0) is 4.74 Å². The SMILES string of the molecule is COc1cc2cc(Oc3ccc(NC(=O)Nc4ccc(Cl)c(Cl)c4)cc3)c(C)nc2cc1OCCN1CCOCC1. The number of anilines is 2. The Bertz CT molecular complexity index is 1530. The number of nitrogens with zero attached hydrogens (tertiary/aromatic N) is 2. The number of aromatic nitrogens is 1. The number of hydrogen-bond donors (Lipinski definition) is 2. The Labute approximate surface area is 248 Å². The molecule has 2 heterocycles. The molecular formula is C30H30Cl2N4O5. The van der Waals surface area contributed by atoms with E-state index in [0.717, 1.165) is 49.4 Å². The van der Waals surface area contributed by atoms with Crippen LogP contribution in [0.2, 0.25) is 10.0 Å². The summed E-state index contributed by atoms with van der Waals surface area (Å²) in [5.74, 6) is 2.49. The summed E-state index contributed by atoms with van der Waals surface area (Å²) in [7, 11) is 1.62. The summed E-state index contributed by atoms with van der Waals surface area (Å²) in [5, 5.41) is 7.13. The van der Waals surface area contributed by atoms with Crippen LogP contribution >= 0.6 is 23.2 Å². The minimum Gasteiger partial charge on any atom is -0.493 e. The van der Waals surface area contributed by atoms with Gasteiger partial charge >= 0.3 is 6.03 Å². The monoisotopic (exact) mass is 596 g/mol. The number of carbonyl (C=O) groups excluding carboxylic acids is 1. The van der Waals surface area contributed by atoms with Crippen LogP contribution in [0, 0.1) is 6.92 Å². The van der Waals surface area contributed by atoms with Gasteiger partial charge < -0.3 is 29.6 Å². The Hall–Kier alpha value is -3.76. The van der Waals surface area contributed by atoms with E-state index in [4.69, 9.17) is 47.1 Å². The smallest absolute Gasteiger partial charge is 0.323 e. The van der Waals surface area contributed by atoms with Crippen LogP contribution in [0.3, 0.4) is 0 Å². The topological polar surface area (TPSA) is 94.2 Å². The largest absolute Gasteiger partial charge is 0.493 e. The minimum atomic E-state index is -0.412. The lowest BCUT2D eigenvalue weighted by Crippen LogP contribution is -2.38. The molecule has 1 aliphatic rings. The van der Waals surface area contributed by atoms with E-state index in [1.807, 2.05) is 25.1 Å². The van der Waals surface area contributed by atoms with Crippen molar-refractivity contribution >= 4 is 51.5 Å². The molecule has 2 N–H and O–H groups in total. The molecule has 0 bridgehead atoms. The first-order valence-corrected chi connectivity index (χ1v) is 13.9. The van der Waals surface area contributed by atoms with Crippen LogP contribution in [0.25, 0.3) is 10.9 Å². The van der Waals surface area contributed by atoms with Gasteiger partial charge in [0.1, 0.15) is 18.1 Å². The first-order valence-electron chi connectivity index (χ1n) is 13.1. The van der Waals surface area contributed by atoms with E-state index in [1.54, 1.807) is 49.6 Å². The van der Waals surface area contributed by atoms with Crippen molar-refractivity contribution in [3.8, 4) is 23.0 Å². The van der Waals surface area contributed by atoms with Crippen LogP contribution in [0.4, 0.5) is 16.2 Å². The number of carbonyl (C=O) groups is 1. The molecule has 0 spiro atoms. The summed E-state index contributed by atoms with van der Waals surface area (Å²) in [4.78, 5) is 19.4. The fourth-order valence-corrected chi connectivity index (χ4v) is 4.64. The van der Waals surface area contributed by atoms with Crippen molar-refractivity contribution in [2.45, 2.75) is 6.92 Å². The van der Waals surface area contributed by atoms with E-state index in [2.05, 4.69) is 15.5 Å². The number of amides is 2. The maximum atomic E-state index is 12.4. The second kappa shape index (κ2) is 13.3. The van der Waals surface area contributed by atoms with Crippen molar-refractivity contribution in [1.82, 2.24) is 9.88 Å². The van der Waals surface area contributed by atoms with E-state index >= 15 is 0 Å². The van der Waals surface area contributed by atoms with Crippen molar-refractivity contribution in [2.24, 2.45) is 0 Å². The number of rotatable bonds is 9. The van der Waals surface area contributed by atoms with Gasteiger partial charge in [0.2, 0.25) is 0 Å². The van der Waals surface area contributed by atoms with Gasteiger partial charge in [-0.2, -0.15) is 0 Å². The van der Waals surface area contributed by atoms with E-state index in [1.165, 1.54) is 0 Å². The zero-order chi connectivity index (χ0) is 28.8. The molecule has 214 valence electrons. The summed E-state index contributed by atoms with van der Waals surface area (Å²) >= 11 is 11.9. The molecule has 0 atom stereocenters. The number of benzene rings is 3. The van der Waals surface area contributed by atoms with Gasteiger partial charge in [-0.15, -0.1) is 0 Å². The molecule has 0 aliphatic carbocycles. The van der Waals surface area contributed by atoms with Gasteiger partial charge in [0, 0.05) is 42.5 Å². The van der Waals surface area contributed by atoms with Gasteiger partial charge in [0.15, 0.2) is 11.5 Å². The molecule has 5 rings (SSSR count). The average Bonchev–Trinajstić information content (AvgIpc) is 2.97. The van der Waals surface area contributed by atoms with E-state index in [-0.39, 0.29) is 0 Å². The number of halogens is 2. The fourth-order valence-electron chi connectivity index (χ4n) is 4.34. The highest BCUT2D eigenvalue weighted by Gasteiger charge is 2.14. The molecule has 1 fully saturated rings. The summed E-state index contributed by atoms with van der Waals surface area (Å²) < 4.78 is 23.2. The lowest BCUT2D eigenvalue weighted by Gasteiger charge is -2.26. The van der Waals surface area contributed by atoms with Gasteiger partial charge in [-0.25, -0.2) is 9.78 Å². The van der Waals surface area contributed by atoms with Gasteiger partial charge in [-0.1, -0.05) is 23.2 Å². The number of pyridine rings is 1. The number of methoxy groups -OCH3 is 1. The van der Waals surface area contributed by atoms with Crippen molar-refractivity contribution in [2.75, 3.05) is 57.2 Å². The van der Waals surface area contributed by atoms with Crippen molar-refractivity contribution in [3.05, 3.63) is 76.4 Å². The zero-order valence-electron chi connectivity index (χ0n) is 22.7. The predicted octanol–water partition coefficient (Wildman–Crippen LogP) is 7.01. The molecule has 9 nitrogen and oxygen atoms in total. The summed E-state index contributed by atoms with van der Waals surface area (Å²) in [6, 6.07) is 17.2. The maximum Gasteiger partial charge on any atom is 0.323 e. The summed E-state index contributed by atoms with van der Waals surface area (Å²) in [6.07, 6.45) is 0. The van der Waals surface area contributed by atoms with E-state index in [0.29, 0.717) is 51.0 Å². The quantitative estimate of drug-likeness (QED) is 0.215. The number of ether oxygens (including phenoxy) is 4. The highest BCUT2D eigenvalue weighted by Crippen LogP contribution is 2.35. The molecule has 0 unspecified atom stereocenters. The third-order valence-corrected chi connectivity index (χ3v) is 7.27. The third-order valence-electron chi connectivity index (χ3n) is 6.53. The number of nitrogens with one attached hydrogen (secondary N) is 2. The Morgan fingerprint density at radius 2 is 1.63 bits per heavy atom. The Morgan fingerprint density at radius 1 is 0.927 bits per heavy atom. The number of morpholine rings is 1. The van der Waals surface area contributed by atoms with Crippen LogP contribution in [0.15, 0.2) is 60.7 Å². The van der Waals surface area contributed by atoms with Crippen LogP contribution < -0.4 is 24.8 Å². The molecule has 1 aromatic heterocycles. The summed E-state index contributed by atoms with van der Waals surface area (Å²) in [6.45, 7) is 6.59. The number of hydrogen-bond acceptors (Lipinski definition) is 7. The van der Waals surface area contributed by atoms with Crippen molar-refractivity contribution in [1.29, 1.82) is 0 Å². The third kappa shape index (κ3) is 7.51. The summed E-state index contributed by atoms with van der Waals surface area (Å²) in [5.41, 5.74) is 2.63. The van der Waals surface area contributed by atoms with Gasteiger partial charge in [0.25, 0.3) is 0 Å². The van der Waals surface area contributed by atoms with Gasteiger partial charge in [-0.05, 0) is 61.5 Å². The zero-order valence-corrected chi connectivity index (χ0v) is 24.2. The standard InChI is InChI=1S/C30H30Cl2N4O5/c1-19-27(41-23-6-3-21(4-7-23)34-30(37)35-22-5-8-24(31)25(32)17-22)15-20-16-28(38-2)29(18-26(20)33-19)40-14-11-36-9-12-39-13-10-36/h3-8,15-18H,9-14H2,1-2H3,(H2,34,35,37). The Kier molecular flexibility index (Phi) is 9.31. The second-order valence-electron chi connectivity index (χ2n) is 9.40. The molecule has 41 heavy (non-hydrogen) atoms. The predicted molar refractivity (Wildman–Crippen MR) is 161 cm³/mol. The van der Waals surface area contributed by atoms with Crippen molar-refractivity contribution in [3.63, 3.8) is 0 Å². The highest BCUT2D eigenvalue weighted by atomic mass is 35.5. The number of aryl methyl sites for hydroxylation is 1. The van der Waals surface area contributed by atoms with Crippen LogP contribution in [-0.4, -0.2) is 62.5 Å². The first kappa shape index (κ1) is 28.8. The minimum absolute atomic E-state index is 0.358.